The van der Waals surface area contributed by atoms with Crippen LogP contribution in [0.4, 0.5) is 5.69 Å². The zero-order valence-electron chi connectivity index (χ0n) is 13.3. The minimum atomic E-state index is -0.273. The number of aryl methyl sites for hydroxylation is 1. The number of aromatic nitrogens is 2. The smallest absolute Gasteiger partial charge is 0.259 e. The number of carbonyl (C=O) groups is 1. The average Bonchev–Trinajstić information content (AvgIpc) is 2.96. The molecule has 1 amide bonds. The van der Waals surface area contributed by atoms with Gasteiger partial charge in [-0.1, -0.05) is 41.9 Å². The molecule has 122 valence electrons. The fourth-order valence-electron chi connectivity index (χ4n) is 2.44. The minimum Gasteiger partial charge on any atom is -0.496 e. The number of hydrogen-bond donors (Lipinski definition) is 2. The highest BCUT2D eigenvalue weighted by molar-refractivity contribution is 6.33. The molecule has 0 aliphatic heterocycles. The van der Waals surface area contributed by atoms with Crippen molar-refractivity contribution in [2.24, 2.45) is 0 Å². The van der Waals surface area contributed by atoms with Crippen LogP contribution in [0.1, 0.15) is 16.1 Å². The van der Waals surface area contributed by atoms with E-state index in [0.29, 0.717) is 27.7 Å². The van der Waals surface area contributed by atoms with Gasteiger partial charge in [-0.2, -0.15) is 5.10 Å². The Morgan fingerprint density at radius 2 is 1.88 bits per heavy atom. The van der Waals surface area contributed by atoms with Crippen LogP contribution >= 0.6 is 11.6 Å². The summed E-state index contributed by atoms with van der Waals surface area (Å²) in [6, 6.07) is 14.4. The molecule has 0 radical (unpaired) electrons. The molecule has 24 heavy (non-hydrogen) atoms. The lowest BCUT2D eigenvalue weighted by Gasteiger charge is -2.10. The molecule has 2 N–H and O–H groups in total. The summed E-state index contributed by atoms with van der Waals surface area (Å²) in [5, 5.41) is 10.6. The zero-order valence-corrected chi connectivity index (χ0v) is 14.0. The Bertz CT molecular complexity index is 889. The Morgan fingerprint density at radius 3 is 2.62 bits per heavy atom. The highest BCUT2D eigenvalue weighted by Crippen LogP contribution is 2.33. The Morgan fingerprint density at radius 1 is 1.17 bits per heavy atom. The SMILES string of the molecule is COc1ccccc1C(=O)Nc1c(-c2ccccc2Cl)n[nH]c1C. The first-order valence-electron chi connectivity index (χ1n) is 7.36. The zero-order chi connectivity index (χ0) is 17.1. The third-order valence-corrected chi connectivity index (χ3v) is 4.00. The second-order valence-electron chi connectivity index (χ2n) is 5.21. The molecule has 0 saturated carbocycles. The number of amides is 1. The number of ether oxygens (including phenoxy) is 1. The number of para-hydroxylation sites is 1. The molecule has 6 heteroatoms. The van der Waals surface area contributed by atoms with Crippen molar-refractivity contribution in [2.45, 2.75) is 6.92 Å². The van der Waals surface area contributed by atoms with Gasteiger partial charge in [0.15, 0.2) is 0 Å². The Kier molecular flexibility index (Phi) is 4.53. The fourth-order valence-corrected chi connectivity index (χ4v) is 2.67. The summed E-state index contributed by atoms with van der Waals surface area (Å²) in [6.07, 6.45) is 0. The highest BCUT2D eigenvalue weighted by Gasteiger charge is 2.19. The second-order valence-corrected chi connectivity index (χ2v) is 5.61. The molecular weight excluding hydrogens is 326 g/mol. The van der Waals surface area contributed by atoms with Gasteiger partial charge in [0.25, 0.3) is 5.91 Å². The third kappa shape index (κ3) is 2.98. The number of nitrogens with zero attached hydrogens (tertiary/aromatic N) is 1. The summed E-state index contributed by atoms with van der Waals surface area (Å²) in [7, 11) is 1.53. The lowest BCUT2D eigenvalue weighted by molar-refractivity contribution is 0.102. The predicted octanol–water partition coefficient (Wildman–Crippen LogP) is 4.30. The Hall–Kier alpha value is -2.79. The van der Waals surface area contributed by atoms with Gasteiger partial charge in [0.05, 0.1) is 29.1 Å². The summed E-state index contributed by atoms with van der Waals surface area (Å²) in [5.74, 6) is 0.237. The summed E-state index contributed by atoms with van der Waals surface area (Å²) < 4.78 is 5.24. The van der Waals surface area contributed by atoms with Crippen LogP contribution in [0.25, 0.3) is 11.3 Å². The standard InChI is InChI=1S/C18H16ClN3O2/c1-11-16(17(22-21-11)12-7-3-5-9-14(12)19)20-18(23)13-8-4-6-10-15(13)24-2/h3-10H,1-2H3,(H,20,23)(H,21,22). The predicted molar refractivity (Wildman–Crippen MR) is 94.7 cm³/mol. The van der Waals surface area contributed by atoms with E-state index in [1.54, 1.807) is 24.3 Å². The lowest BCUT2D eigenvalue weighted by Crippen LogP contribution is -2.14. The molecule has 3 rings (SSSR count). The molecule has 5 nitrogen and oxygen atoms in total. The first-order chi connectivity index (χ1) is 11.6. The highest BCUT2D eigenvalue weighted by atomic mass is 35.5. The van der Waals surface area contributed by atoms with E-state index in [1.165, 1.54) is 7.11 Å². The van der Waals surface area contributed by atoms with Gasteiger partial charge in [0, 0.05) is 5.56 Å². The molecule has 0 saturated heterocycles. The van der Waals surface area contributed by atoms with E-state index in [9.17, 15) is 4.79 Å². The number of anilines is 1. The van der Waals surface area contributed by atoms with E-state index < -0.39 is 0 Å². The van der Waals surface area contributed by atoms with E-state index in [0.717, 1.165) is 11.3 Å². The van der Waals surface area contributed by atoms with E-state index in [2.05, 4.69) is 15.5 Å². The number of hydrogen-bond acceptors (Lipinski definition) is 3. The lowest BCUT2D eigenvalue weighted by atomic mass is 10.1. The first-order valence-corrected chi connectivity index (χ1v) is 7.74. The van der Waals surface area contributed by atoms with Crippen molar-refractivity contribution in [3.05, 3.63) is 64.8 Å². The number of rotatable bonds is 4. The van der Waals surface area contributed by atoms with Crippen LogP contribution in [-0.4, -0.2) is 23.2 Å². The number of nitrogens with one attached hydrogen (secondary N) is 2. The summed E-state index contributed by atoms with van der Waals surface area (Å²) >= 11 is 6.25. The van der Waals surface area contributed by atoms with Gasteiger partial charge in [-0.25, -0.2) is 0 Å². The van der Waals surface area contributed by atoms with Crippen molar-refractivity contribution in [2.75, 3.05) is 12.4 Å². The van der Waals surface area contributed by atoms with Gasteiger partial charge in [-0.05, 0) is 25.1 Å². The van der Waals surface area contributed by atoms with Gasteiger partial charge in [-0.3, -0.25) is 9.89 Å². The van der Waals surface area contributed by atoms with Crippen LogP contribution in [-0.2, 0) is 0 Å². The van der Waals surface area contributed by atoms with Gasteiger partial charge < -0.3 is 10.1 Å². The number of benzene rings is 2. The summed E-state index contributed by atoms with van der Waals surface area (Å²) in [4.78, 5) is 12.6. The van der Waals surface area contributed by atoms with E-state index in [-0.39, 0.29) is 5.91 Å². The molecule has 0 atom stereocenters. The van der Waals surface area contributed by atoms with Crippen LogP contribution in [0.15, 0.2) is 48.5 Å². The number of halogens is 1. The summed E-state index contributed by atoms with van der Waals surface area (Å²) in [6.45, 7) is 1.84. The Labute approximate surface area is 144 Å². The quantitative estimate of drug-likeness (QED) is 0.743. The molecule has 0 aliphatic carbocycles. The van der Waals surface area contributed by atoms with Crippen LogP contribution in [0.5, 0.6) is 5.75 Å². The maximum Gasteiger partial charge on any atom is 0.259 e. The van der Waals surface area contributed by atoms with Gasteiger partial charge in [0.1, 0.15) is 11.4 Å². The summed E-state index contributed by atoms with van der Waals surface area (Å²) in [5.41, 5.74) is 3.14. The van der Waals surface area contributed by atoms with Crippen molar-refractivity contribution in [3.8, 4) is 17.0 Å². The monoisotopic (exact) mass is 341 g/mol. The maximum atomic E-state index is 12.6. The third-order valence-electron chi connectivity index (χ3n) is 3.67. The van der Waals surface area contributed by atoms with Crippen molar-refractivity contribution in [1.82, 2.24) is 10.2 Å². The van der Waals surface area contributed by atoms with Gasteiger partial charge in [0.2, 0.25) is 0 Å². The number of aromatic amines is 1. The molecule has 0 unspecified atom stereocenters. The molecule has 1 heterocycles. The van der Waals surface area contributed by atoms with Crippen molar-refractivity contribution in [1.29, 1.82) is 0 Å². The van der Waals surface area contributed by atoms with Gasteiger partial charge in [-0.15, -0.1) is 0 Å². The van der Waals surface area contributed by atoms with E-state index in [1.807, 2.05) is 31.2 Å². The van der Waals surface area contributed by atoms with E-state index >= 15 is 0 Å². The van der Waals surface area contributed by atoms with Crippen molar-refractivity contribution < 1.29 is 9.53 Å². The first kappa shape index (κ1) is 16.1. The molecule has 2 aromatic carbocycles. The van der Waals surface area contributed by atoms with Crippen LogP contribution in [0.2, 0.25) is 5.02 Å². The van der Waals surface area contributed by atoms with E-state index in [4.69, 9.17) is 16.3 Å². The largest absolute Gasteiger partial charge is 0.496 e. The molecule has 0 spiro atoms. The molecular formula is C18H16ClN3O2. The van der Waals surface area contributed by atoms with Crippen molar-refractivity contribution in [3.63, 3.8) is 0 Å². The minimum absolute atomic E-state index is 0.273. The van der Waals surface area contributed by atoms with Crippen LogP contribution in [0, 0.1) is 6.92 Å². The number of H-pyrrole nitrogens is 1. The molecule has 0 bridgehead atoms. The van der Waals surface area contributed by atoms with Crippen LogP contribution in [0.3, 0.4) is 0 Å². The molecule has 3 aromatic rings. The normalized spacial score (nSPS) is 10.5. The molecule has 0 aliphatic rings. The molecule has 1 aromatic heterocycles. The van der Waals surface area contributed by atoms with Crippen molar-refractivity contribution >= 4 is 23.2 Å². The number of carbonyl (C=O) groups excluding carboxylic acids is 1. The molecule has 0 fully saturated rings. The maximum absolute atomic E-state index is 12.6. The fraction of sp³-hybridized carbons (Fsp3) is 0.111. The number of methoxy groups -OCH3 is 1. The average molecular weight is 342 g/mol. The Balaban J connectivity index is 1.98. The van der Waals surface area contributed by atoms with Crippen LogP contribution < -0.4 is 10.1 Å². The van der Waals surface area contributed by atoms with Gasteiger partial charge >= 0.3 is 0 Å². The topological polar surface area (TPSA) is 67.0 Å². The second kappa shape index (κ2) is 6.76.